The molecule has 0 bridgehead atoms. The first-order chi connectivity index (χ1) is 16.0. The number of allylic oxidation sites excluding steroid dienone is 1. The van der Waals surface area contributed by atoms with Crippen molar-refractivity contribution in [2.45, 2.75) is 24.8 Å². The molecule has 0 saturated heterocycles. The van der Waals surface area contributed by atoms with E-state index in [4.69, 9.17) is 21.7 Å². The fraction of sp³-hybridized carbons (Fsp3) is 0.160. The molecule has 2 aromatic heterocycles. The Balaban J connectivity index is 1.64. The monoisotopic (exact) mass is 490 g/mol. The minimum atomic E-state index is -0.202. The van der Waals surface area contributed by atoms with Gasteiger partial charge in [0.2, 0.25) is 5.82 Å². The highest BCUT2D eigenvalue weighted by molar-refractivity contribution is 7.98. The molecule has 3 heterocycles. The van der Waals surface area contributed by atoms with Crippen molar-refractivity contribution < 1.29 is 4.52 Å². The van der Waals surface area contributed by atoms with Gasteiger partial charge in [-0.3, -0.25) is 4.90 Å². The van der Waals surface area contributed by atoms with Gasteiger partial charge in [-0.2, -0.15) is 4.98 Å². The zero-order valence-corrected chi connectivity index (χ0v) is 20.9. The fourth-order valence-corrected chi connectivity index (χ4v) is 5.33. The molecule has 1 atom stereocenters. The number of thiocarbonyl (C=S) groups is 1. The molecule has 1 N–H and O–H groups in total. The summed E-state index contributed by atoms with van der Waals surface area (Å²) in [6.45, 7) is 4.13. The van der Waals surface area contributed by atoms with Gasteiger partial charge in [-0.15, -0.1) is 23.1 Å². The molecular formula is C25H22N4OS3. The van der Waals surface area contributed by atoms with Crippen LogP contribution in [0.25, 0.3) is 16.3 Å². The minimum absolute atomic E-state index is 0.202. The fourth-order valence-electron chi connectivity index (χ4n) is 3.91. The zero-order chi connectivity index (χ0) is 22.9. The number of aryl methyl sites for hydroxylation is 1. The van der Waals surface area contributed by atoms with E-state index in [0.29, 0.717) is 16.8 Å². The Hall–Kier alpha value is -2.94. The van der Waals surface area contributed by atoms with Gasteiger partial charge < -0.3 is 9.84 Å². The Morgan fingerprint density at radius 3 is 2.48 bits per heavy atom. The molecule has 5 nitrogen and oxygen atoms in total. The molecule has 2 aromatic carbocycles. The number of nitrogens with zero attached hydrogens (tertiary/aromatic N) is 3. The highest BCUT2D eigenvalue weighted by Crippen LogP contribution is 2.39. The van der Waals surface area contributed by atoms with Crippen molar-refractivity contribution in [1.29, 1.82) is 0 Å². The lowest BCUT2D eigenvalue weighted by molar-refractivity contribution is 0.404. The summed E-state index contributed by atoms with van der Waals surface area (Å²) in [6.07, 6.45) is 2.07. The average Bonchev–Trinajstić information content (AvgIpc) is 3.52. The molecule has 1 aliphatic heterocycles. The number of aromatic nitrogens is 2. The molecule has 8 heteroatoms. The van der Waals surface area contributed by atoms with Crippen molar-refractivity contribution in [2.24, 2.45) is 0 Å². The van der Waals surface area contributed by atoms with Gasteiger partial charge in [-0.05, 0) is 73.6 Å². The predicted molar refractivity (Wildman–Crippen MR) is 141 cm³/mol. The molecule has 0 radical (unpaired) electrons. The van der Waals surface area contributed by atoms with E-state index < -0.39 is 0 Å². The van der Waals surface area contributed by atoms with Gasteiger partial charge in [0.15, 0.2) is 5.11 Å². The second-order valence-electron chi connectivity index (χ2n) is 7.73. The third-order valence-electron chi connectivity index (χ3n) is 5.62. The standard InChI is InChI=1S/C25H22N4OS3/c1-15-6-10-18(11-7-15)29-16(2)21(24-27-23(28-30-24)20-5-4-14-33-20)22(26-25(29)31)17-8-12-19(32-3)13-9-17/h4-14,22H,1-3H3,(H,26,31). The summed E-state index contributed by atoms with van der Waals surface area (Å²) in [5.74, 6) is 1.08. The SMILES string of the molecule is CSc1ccc(C2NC(=S)N(c3ccc(C)cc3)C(C)=C2c2nc(-c3cccs3)no2)cc1. The van der Waals surface area contributed by atoms with E-state index in [0.717, 1.165) is 27.4 Å². The summed E-state index contributed by atoms with van der Waals surface area (Å²) in [7, 11) is 0. The summed E-state index contributed by atoms with van der Waals surface area (Å²) in [4.78, 5) is 8.98. The number of thiophene rings is 1. The maximum atomic E-state index is 5.83. The van der Waals surface area contributed by atoms with E-state index in [2.05, 4.69) is 79.1 Å². The second-order valence-corrected chi connectivity index (χ2v) is 9.94. The maximum absolute atomic E-state index is 5.83. The van der Waals surface area contributed by atoms with Crippen molar-refractivity contribution in [3.05, 3.63) is 88.8 Å². The van der Waals surface area contributed by atoms with E-state index >= 15 is 0 Å². The lowest BCUT2D eigenvalue weighted by atomic mass is 9.94. The van der Waals surface area contributed by atoms with Crippen LogP contribution in [0.3, 0.4) is 0 Å². The Bertz CT molecular complexity index is 1310. The summed E-state index contributed by atoms with van der Waals surface area (Å²) < 4.78 is 5.81. The van der Waals surface area contributed by atoms with E-state index in [-0.39, 0.29) is 6.04 Å². The molecular weight excluding hydrogens is 469 g/mol. The van der Waals surface area contributed by atoms with Crippen LogP contribution in [0.5, 0.6) is 0 Å². The number of hydrogen-bond acceptors (Lipinski definition) is 6. The Morgan fingerprint density at radius 1 is 1.06 bits per heavy atom. The third kappa shape index (κ3) is 4.21. The van der Waals surface area contributed by atoms with E-state index in [1.54, 1.807) is 23.1 Å². The number of benzene rings is 2. The summed E-state index contributed by atoms with van der Waals surface area (Å²) in [5, 5.41) is 10.4. The lowest BCUT2D eigenvalue weighted by Gasteiger charge is -2.37. The number of anilines is 1. The van der Waals surface area contributed by atoms with Gasteiger partial charge in [0.25, 0.3) is 5.89 Å². The van der Waals surface area contributed by atoms with Gasteiger partial charge in [-0.25, -0.2) is 0 Å². The maximum Gasteiger partial charge on any atom is 0.258 e. The molecule has 166 valence electrons. The summed E-state index contributed by atoms with van der Waals surface area (Å²) >= 11 is 9.13. The molecule has 5 rings (SSSR count). The molecule has 4 aromatic rings. The lowest BCUT2D eigenvalue weighted by Crippen LogP contribution is -2.46. The molecule has 0 saturated carbocycles. The predicted octanol–water partition coefficient (Wildman–Crippen LogP) is 6.70. The summed E-state index contributed by atoms with van der Waals surface area (Å²) in [5.41, 5.74) is 5.14. The Morgan fingerprint density at radius 2 is 1.82 bits per heavy atom. The van der Waals surface area contributed by atoms with Crippen molar-refractivity contribution in [1.82, 2.24) is 15.5 Å². The van der Waals surface area contributed by atoms with Crippen LogP contribution in [0.1, 0.15) is 30.0 Å². The number of nitrogens with one attached hydrogen (secondary N) is 1. The van der Waals surface area contributed by atoms with Crippen LogP contribution in [0.2, 0.25) is 0 Å². The van der Waals surface area contributed by atoms with Gasteiger partial charge in [0.05, 0.1) is 16.5 Å². The highest BCUT2D eigenvalue weighted by atomic mass is 32.2. The number of thioether (sulfide) groups is 1. The normalized spacial score (nSPS) is 16.3. The van der Waals surface area contributed by atoms with Crippen molar-refractivity contribution >= 4 is 51.7 Å². The van der Waals surface area contributed by atoms with E-state index in [1.165, 1.54) is 10.5 Å². The quantitative estimate of drug-likeness (QED) is 0.247. The first-order valence-electron chi connectivity index (χ1n) is 10.4. The van der Waals surface area contributed by atoms with Gasteiger partial charge in [0.1, 0.15) is 0 Å². The van der Waals surface area contributed by atoms with Gasteiger partial charge in [0, 0.05) is 16.3 Å². The van der Waals surface area contributed by atoms with Gasteiger partial charge in [-0.1, -0.05) is 41.1 Å². The first-order valence-corrected chi connectivity index (χ1v) is 13.0. The van der Waals surface area contributed by atoms with Crippen LogP contribution >= 0.6 is 35.3 Å². The molecule has 0 fully saturated rings. The van der Waals surface area contributed by atoms with Crippen LogP contribution < -0.4 is 10.2 Å². The average molecular weight is 491 g/mol. The van der Waals surface area contributed by atoms with E-state index in [9.17, 15) is 0 Å². The van der Waals surface area contributed by atoms with Crippen LogP contribution in [-0.2, 0) is 0 Å². The second kappa shape index (κ2) is 9.13. The van der Waals surface area contributed by atoms with Crippen LogP contribution in [0, 0.1) is 6.92 Å². The summed E-state index contributed by atoms with van der Waals surface area (Å²) in [6, 6.07) is 20.6. The molecule has 0 aliphatic carbocycles. The topological polar surface area (TPSA) is 54.2 Å². The molecule has 33 heavy (non-hydrogen) atoms. The Kier molecular flexibility index (Phi) is 6.05. The van der Waals surface area contributed by atoms with Gasteiger partial charge >= 0.3 is 0 Å². The highest BCUT2D eigenvalue weighted by Gasteiger charge is 2.34. The first kappa shape index (κ1) is 21.9. The third-order valence-corrected chi connectivity index (χ3v) is 7.53. The smallest absolute Gasteiger partial charge is 0.258 e. The van der Waals surface area contributed by atoms with Crippen LogP contribution in [-0.4, -0.2) is 21.5 Å². The van der Waals surface area contributed by atoms with Crippen LogP contribution in [0.15, 0.2) is 81.2 Å². The largest absolute Gasteiger partial charge is 0.351 e. The zero-order valence-electron chi connectivity index (χ0n) is 18.4. The molecule has 1 aliphatic rings. The molecule has 0 spiro atoms. The molecule has 1 unspecified atom stereocenters. The number of hydrogen-bond donors (Lipinski definition) is 1. The number of rotatable bonds is 5. The molecule has 0 amide bonds. The van der Waals surface area contributed by atoms with Crippen molar-refractivity contribution in [3.8, 4) is 10.7 Å². The van der Waals surface area contributed by atoms with Crippen molar-refractivity contribution in [2.75, 3.05) is 11.2 Å². The van der Waals surface area contributed by atoms with Crippen molar-refractivity contribution in [3.63, 3.8) is 0 Å². The van der Waals surface area contributed by atoms with E-state index in [1.807, 2.05) is 22.4 Å². The van der Waals surface area contributed by atoms with Crippen LogP contribution in [0.4, 0.5) is 5.69 Å². The minimum Gasteiger partial charge on any atom is -0.351 e. The Labute approximate surface area is 206 Å².